The molecule has 0 bridgehead atoms. The molecule has 1 atom stereocenters. The third-order valence-electron chi connectivity index (χ3n) is 2.45. The van der Waals surface area contributed by atoms with Gasteiger partial charge in [-0.2, -0.15) is 0 Å². The molecule has 0 saturated heterocycles. The first-order chi connectivity index (χ1) is 8.00. The van der Waals surface area contributed by atoms with Gasteiger partial charge in [-0.15, -0.1) is 22.9 Å². The second-order valence-corrected chi connectivity index (χ2v) is 7.45. The molecule has 0 aliphatic heterocycles. The maximum Gasteiger partial charge on any atom is 0.0875 e. The molecule has 0 spiro atoms. The van der Waals surface area contributed by atoms with Crippen LogP contribution in [0.1, 0.15) is 21.4 Å². The van der Waals surface area contributed by atoms with Crippen LogP contribution in [0.3, 0.4) is 0 Å². The zero-order valence-corrected chi connectivity index (χ0v) is 13.5. The van der Waals surface area contributed by atoms with Crippen molar-refractivity contribution < 1.29 is 0 Å². The molecule has 0 radical (unpaired) electrons. The summed E-state index contributed by atoms with van der Waals surface area (Å²) in [6, 6.07) is 7.43. The van der Waals surface area contributed by atoms with Crippen LogP contribution in [-0.4, -0.2) is 0 Å². The lowest BCUT2D eigenvalue weighted by Gasteiger charge is -2.13. The topological polar surface area (TPSA) is 0 Å². The minimum absolute atomic E-state index is 0.321. The standard InChI is InChI=1S/C12H8BrCl3S/c1-6-7(5-10(13)17-6)12(16)11-8(14)3-2-4-9(11)15/h2-5,12H,1H3. The maximum atomic E-state index is 6.48. The Morgan fingerprint density at radius 2 is 1.82 bits per heavy atom. The lowest BCUT2D eigenvalue weighted by Crippen LogP contribution is -1.95. The molecule has 1 heterocycles. The summed E-state index contributed by atoms with van der Waals surface area (Å²) in [5.74, 6) is 0. The quantitative estimate of drug-likeness (QED) is 0.533. The number of hydrogen-bond acceptors (Lipinski definition) is 1. The Labute approximate surface area is 128 Å². The smallest absolute Gasteiger partial charge is 0.0875 e. The van der Waals surface area contributed by atoms with Gasteiger partial charge >= 0.3 is 0 Å². The van der Waals surface area contributed by atoms with Crippen molar-refractivity contribution in [3.05, 3.63) is 54.1 Å². The Morgan fingerprint density at radius 1 is 1.24 bits per heavy atom. The summed E-state index contributed by atoms with van der Waals surface area (Å²) < 4.78 is 1.05. The van der Waals surface area contributed by atoms with Gasteiger partial charge in [-0.3, -0.25) is 0 Å². The van der Waals surface area contributed by atoms with E-state index in [9.17, 15) is 0 Å². The molecule has 1 unspecified atom stereocenters. The van der Waals surface area contributed by atoms with Gasteiger partial charge in [-0.1, -0.05) is 29.3 Å². The van der Waals surface area contributed by atoms with Crippen LogP contribution in [-0.2, 0) is 0 Å². The third kappa shape index (κ3) is 2.82. The Balaban J connectivity index is 2.51. The molecule has 0 amide bonds. The van der Waals surface area contributed by atoms with Crippen molar-refractivity contribution in [3.63, 3.8) is 0 Å². The minimum Gasteiger partial charge on any atom is -0.133 e. The summed E-state index contributed by atoms with van der Waals surface area (Å²) in [5.41, 5.74) is 1.81. The first-order valence-corrected chi connectivity index (χ1v) is 7.64. The van der Waals surface area contributed by atoms with E-state index in [0.717, 1.165) is 19.8 Å². The van der Waals surface area contributed by atoms with Gasteiger partial charge in [-0.25, -0.2) is 0 Å². The molecule has 0 aliphatic rings. The summed E-state index contributed by atoms with van der Waals surface area (Å²) in [7, 11) is 0. The van der Waals surface area contributed by atoms with Crippen molar-refractivity contribution in [1.29, 1.82) is 0 Å². The Morgan fingerprint density at radius 3 is 2.29 bits per heavy atom. The highest BCUT2D eigenvalue weighted by Crippen LogP contribution is 2.42. The van der Waals surface area contributed by atoms with E-state index in [1.165, 1.54) is 0 Å². The average molecular weight is 371 g/mol. The van der Waals surface area contributed by atoms with Crippen LogP contribution < -0.4 is 0 Å². The monoisotopic (exact) mass is 368 g/mol. The first kappa shape index (κ1) is 13.7. The van der Waals surface area contributed by atoms with Gasteiger partial charge in [0, 0.05) is 20.5 Å². The van der Waals surface area contributed by atoms with E-state index in [-0.39, 0.29) is 5.38 Å². The molecule has 0 fully saturated rings. The largest absolute Gasteiger partial charge is 0.133 e. The van der Waals surface area contributed by atoms with E-state index in [4.69, 9.17) is 34.8 Å². The number of thiophene rings is 1. The fourth-order valence-electron chi connectivity index (χ4n) is 1.62. The SMILES string of the molecule is Cc1sc(Br)cc1C(Cl)c1c(Cl)cccc1Cl. The highest BCUT2D eigenvalue weighted by Gasteiger charge is 2.20. The van der Waals surface area contributed by atoms with Crippen molar-refractivity contribution in [2.24, 2.45) is 0 Å². The van der Waals surface area contributed by atoms with Gasteiger partial charge in [-0.05, 0) is 46.6 Å². The maximum absolute atomic E-state index is 6.48. The minimum atomic E-state index is -0.321. The van der Waals surface area contributed by atoms with Crippen molar-refractivity contribution >= 4 is 62.1 Å². The fourth-order valence-corrected chi connectivity index (χ4v) is 4.62. The van der Waals surface area contributed by atoms with Gasteiger partial charge in [0.25, 0.3) is 0 Å². The normalized spacial score (nSPS) is 12.8. The number of aryl methyl sites for hydroxylation is 1. The van der Waals surface area contributed by atoms with Gasteiger partial charge in [0.05, 0.1) is 9.16 Å². The van der Waals surface area contributed by atoms with E-state index in [1.807, 2.05) is 19.1 Å². The Hall–Kier alpha value is 0.270. The van der Waals surface area contributed by atoms with Crippen molar-refractivity contribution in [3.8, 4) is 0 Å². The second-order valence-electron chi connectivity index (χ2n) is 3.56. The number of benzene rings is 1. The van der Waals surface area contributed by atoms with E-state index in [0.29, 0.717) is 10.0 Å². The number of rotatable bonds is 2. The van der Waals surface area contributed by atoms with E-state index < -0.39 is 0 Å². The second kappa shape index (κ2) is 5.50. The van der Waals surface area contributed by atoms with Gasteiger partial charge in [0.15, 0.2) is 0 Å². The molecule has 0 aliphatic carbocycles. The summed E-state index contributed by atoms with van der Waals surface area (Å²) in [6.45, 7) is 2.03. The molecule has 2 rings (SSSR count). The van der Waals surface area contributed by atoms with E-state index in [2.05, 4.69) is 15.9 Å². The van der Waals surface area contributed by atoms with Gasteiger partial charge in [0.2, 0.25) is 0 Å². The fraction of sp³-hybridized carbons (Fsp3) is 0.167. The van der Waals surface area contributed by atoms with Crippen LogP contribution in [0.25, 0.3) is 0 Å². The molecular weight excluding hydrogens is 362 g/mol. The molecule has 5 heteroatoms. The molecule has 0 N–H and O–H groups in total. The van der Waals surface area contributed by atoms with Crippen molar-refractivity contribution in [2.75, 3.05) is 0 Å². The molecule has 0 nitrogen and oxygen atoms in total. The summed E-state index contributed by atoms with van der Waals surface area (Å²) in [5, 5.41) is 0.872. The zero-order chi connectivity index (χ0) is 12.6. The Kier molecular flexibility index (Phi) is 4.43. The Bertz CT molecular complexity index is 530. The molecule has 2 aromatic rings. The van der Waals surface area contributed by atoms with Crippen LogP contribution in [0.15, 0.2) is 28.1 Å². The molecule has 1 aromatic carbocycles. The molecule has 90 valence electrons. The van der Waals surface area contributed by atoms with E-state index >= 15 is 0 Å². The zero-order valence-electron chi connectivity index (χ0n) is 8.81. The first-order valence-electron chi connectivity index (χ1n) is 4.84. The summed E-state index contributed by atoms with van der Waals surface area (Å²) >= 11 is 23.9. The molecular formula is C12H8BrCl3S. The van der Waals surface area contributed by atoms with Crippen LogP contribution >= 0.6 is 62.1 Å². The number of hydrogen-bond donors (Lipinski definition) is 0. The van der Waals surface area contributed by atoms with Gasteiger partial charge in [0.1, 0.15) is 0 Å². The molecule has 17 heavy (non-hydrogen) atoms. The van der Waals surface area contributed by atoms with E-state index in [1.54, 1.807) is 23.5 Å². The molecule has 1 aromatic heterocycles. The lowest BCUT2D eigenvalue weighted by molar-refractivity contribution is 1.13. The number of alkyl halides is 1. The highest BCUT2D eigenvalue weighted by molar-refractivity contribution is 9.11. The number of halogens is 4. The predicted molar refractivity (Wildman–Crippen MR) is 80.9 cm³/mol. The third-order valence-corrected chi connectivity index (χ3v) is 5.13. The molecule has 0 saturated carbocycles. The van der Waals surface area contributed by atoms with Gasteiger partial charge < -0.3 is 0 Å². The highest BCUT2D eigenvalue weighted by atomic mass is 79.9. The van der Waals surface area contributed by atoms with Crippen LogP contribution in [0.4, 0.5) is 0 Å². The lowest BCUT2D eigenvalue weighted by atomic mass is 10.1. The van der Waals surface area contributed by atoms with Crippen LogP contribution in [0, 0.1) is 6.92 Å². The summed E-state index contributed by atoms with van der Waals surface area (Å²) in [4.78, 5) is 1.16. The van der Waals surface area contributed by atoms with Crippen LogP contribution in [0.5, 0.6) is 0 Å². The average Bonchev–Trinajstić information content (AvgIpc) is 2.57. The van der Waals surface area contributed by atoms with Crippen LogP contribution in [0.2, 0.25) is 10.0 Å². The summed E-state index contributed by atoms with van der Waals surface area (Å²) in [6.07, 6.45) is 0. The van der Waals surface area contributed by atoms with Crippen molar-refractivity contribution in [1.82, 2.24) is 0 Å². The predicted octanol–water partition coefficient (Wildman–Crippen LogP) is 6.45. The van der Waals surface area contributed by atoms with Crippen molar-refractivity contribution in [2.45, 2.75) is 12.3 Å².